The van der Waals surface area contributed by atoms with E-state index in [1.165, 1.54) is 33.4 Å². The largest absolute Gasteiger partial charge is 0.493 e. The fourth-order valence-electron chi connectivity index (χ4n) is 6.79. The van der Waals surface area contributed by atoms with E-state index in [0.29, 0.717) is 23.0 Å². The van der Waals surface area contributed by atoms with Crippen LogP contribution >= 0.6 is 12.4 Å². The molecule has 2 unspecified atom stereocenters. The Kier molecular flexibility index (Phi) is 10.6. The van der Waals surface area contributed by atoms with Crippen LogP contribution in [0, 0.1) is 0 Å². The van der Waals surface area contributed by atoms with Crippen molar-refractivity contribution < 1.29 is 28.4 Å². The molecule has 0 fully saturated rings. The first kappa shape index (κ1) is 32.6. The second-order valence-corrected chi connectivity index (χ2v) is 11.2. The van der Waals surface area contributed by atoms with Gasteiger partial charge in [-0.15, -0.1) is 12.4 Å². The molecule has 2 atom stereocenters. The number of ether oxygens (including phenoxy) is 6. The summed E-state index contributed by atoms with van der Waals surface area (Å²) < 4.78 is 34.7. The van der Waals surface area contributed by atoms with Crippen LogP contribution in [0.3, 0.4) is 0 Å². The van der Waals surface area contributed by atoms with Gasteiger partial charge in [-0.1, -0.05) is 24.3 Å². The Bertz CT molecular complexity index is 1330. The van der Waals surface area contributed by atoms with Crippen LogP contribution in [0.25, 0.3) is 0 Å². The number of methoxy groups -OCH3 is 6. The number of hydrogen-bond acceptors (Lipinski definition) is 8. The second-order valence-electron chi connectivity index (χ2n) is 11.2. The lowest BCUT2D eigenvalue weighted by molar-refractivity contribution is 0.217. The molecule has 2 aliphatic rings. The Morgan fingerprint density at radius 2 is 0.977 bits per heavy atom. The number of halogens is 1. The van der Waals surface area contributed by atoms with E-state index in [2.05, 4.69) is 60.3 Å². The molecule has 0 bridgehead atoms. The van der Waals surface area contributed by atoms with E-state index in [0.717, 1.165) is 50.3 Å². The first-order valence-corrected chi connectivity index (χ1v) is 14.5. The molecule has 8 nitrogen and oxygen atoms in total. The van der Waals surface area contributed by atoms with Gasteiger partial charge in [-0.05, 0) is 74.2 Å². The Morgan fingerprint density at radius 3 is 1.33 bits per heavy atom. The second kappa shape index (κ2) is 14.0. The van der Waals surface area contributed by atoms with Crippen molar-refractivity contribution in [1.82, 2.24) is 9.80 Å². The average Bonchev–Trinajstić information content (AvgIpc) is 3.01. The SMILES string of the molecule is COc1cc2c(c(OC)c1OC)C(Cc1cccc(CC3c4c(cc(OC)c(OC)c4OC)CCN3C)c1)N(C)CC2.Cl. The molecule has 0 spiro atoms. The summed E-state index contributed by atoms with van der Waals surface area (Å²) >= 11 is 0. The fourth-order valence-corrected chi connectivity index (χ4v) is 6.79. The summed E-state index contributed by atoms with van der Waals surface area (Å²) in [5.41, 5.74) is 7.43. The van der Waals surface area contributed by atoms with Gasteiger partial charge in [-0.25, -0.2) is 0 Å². The smallest absolute Gasteiger partial charge is 0.203 e. The van der Waals surface area contributed by atoms with E-state index in [1.54, 1.807) is 42.7 Å². The summed E-state index contributed by atoms with van der Waals surface area (Å²) in [5.74, 6) is 4.23. The Labute approximate surface area is 262 Å². The molecule has 43 heavy (non-hydrogen) atoms. The molecular weight excluding hydrogens is 568 g/mol. The monoisotopic (exact) mass is 612 g/mol. The highest BCUT2D eigenvalue weighted by Crippen LogP contribution is 2.49. The normalized spacial score (nSPS) is 18.1. The highest BCUT2D eigenvalue weighted by molar-refractivity contribution is 5.85. The summed E-state index contributed by atoms with van der Waals surface area (Å²) in [6, 6.07) is 13.5. The van der Waals surface area contributed by atoms with Gasteiger partial charge >= 0.3 is 0 Å². The van der Waals surface area contributed by atoms with Crippen LogP contribution in [0.4, 0.5) is 0 Å². The molecule has 0 aromatic heterocycles. The van der Waals surface area contributed by atoms with Crippen LogP contribution < -0.4 is 28.4 Å². The van der Waals surface area contributed by atoms with E-state index in [9.17, 15) is 0 Å². The quantitative estimate of drug-likeness (QED) is 0.289. The predicted octanol–water partition coefficient (Wildman–Crippen LogP) is 5.70. The molecule has 5 rings (SSSR count). The van der Waals surface area contributed by atoms with Crippen molar-refractivity contribution in [2.75, 3.05) is 69.8 Å². The van der Waals surface area contributed by atoms with Crippen molar-refractivity contribution in [3.8, 4) is 34.5 Å². The van der Waals surface area contributed by atoms with Crippen molar-refractivity contribution in [3.63, 3.8) is 0 Å². The van der Waals surface area contributed by atoms with Crippen LogP contribution in [0.1, 0.15) is 45.5 Å². The van der Waals surface area contributed by atoms with Gasteiger partial charge in [0.15, 0.2) is 23.0 Å². The zero-order chi connectivity index (χ0) is 30.0. The number of hydrogen-bond donors (Lipinski definition) is 0. The van der Waals surface area contributed by atoms with Crippen LogP contribution in [0.5, 0.6) is 34.5 Å². The predicted molar refractivity (Wildman–Crippen MR) is 171 cm³/mol. The Hall–Kier alpha value is -3.33. The van der Waals surface area contributed by atoms with Gasteiger partial charge in [-0.2, -0.15) is 0 Å². The van der Waals surface area contributed by atoms with Crippen LogP contribution in [0.15, 0.2) is 36.4 Å². The highest BCUT2D eigenvalue weighted by atomic mass is 35.5. The molecule has 234 valence electrons. The minimum atomic E-state index is 0. The molecule has 3 aromatic carbocycles. The Morgan fingerprint density at radius 1 is 0.581 bits per heavy atom. The maximum absolute atomic E-state index is 5.95. The van der Waals surface area contributed by atoms with E-state index in [1.807, 2.05) is 0 Å². The van der Waals surface area contributed by atoms with Gasteiger partial charge in [0.1, 0.15) is 0 Å². The van der Waals surface area contributed by atoms with Crippen molar-refractivity contribution in [2.45, 2.75) is 37.8 Å². The van der Waals surface area contributed by atoms with E-state index in [4.69, 9.17) is 28.4 Å². The summed E-state index contributed by atoms with van der Waals surface area (Å²) in [5, 5.41) is 0. The fraction of sp³-hybridized carbons (Fsp3) is 0.471. The number of nitrogens with zero attached hydrogens (tertiary/aromatic N) is 2. The first-order valence-electron chi connectivity index (χ1n) is 14.5. The number of rotatable bonds is 10. The van der Waals surface area contributed by atoms with Gasteiger partial charge in [0, 0.05) is 36.3 Å². The van der Waals surface area contributed by atoms with Crippen LogP contribution in [-0.2, 0) is 25.7 Å². The molecule has 0 amide bonds. The molecule has 0 radical (unpaired) electrons. The lowest BCUT2D eigenvalue weighted by atomic mass is 9.85. The number of fused-ring (bicyclic) bond motifs is 2. The molecule has 0 saturated heterocycles. The van der Waals surface area contributed by atoms with E-state index < -0.39 is 0 Å². The van der Waals surface area contributed by atoms with Gasteiger partial charge in [-0.3, -0.25) is 9.80 Å². The molecule has 2 aliphatic heterocycles. The van der Waals surface area contributed by atoms with Crippen molar-refractivity contribution in [3.05, 3.63) is 69.8 Å². The molecule has 0 N–H and O–H groups in total. The lowest BCUT2D eigenvalue weighted by Crippen LogP contribution is -2.34. The summed E-state index contributed by atoms with van der Waals surface area (Å²) in [6.07, 6.45) is 3.58. The maximum atomic E-state index is 5.95. The maximum Gasteiger partial charge on any atom is 0.203 e. The van der Waals surface area contributed by atoms with Gasteiger partial charge in [0.25, 0.3) is 0 Å². The third-order valence-electron chi connectivity index (χ3n) is 8.96. The lowest BCUT2D eigenvalue weighted by Gasteiger charge is -2.37. The Balaban J connectivity index is 0.00000423. The van der Waals surface area contributed by atoms with Crippen molar-refractivity contribution in [1.29, 1.82) is 0 Å². The van der Waals surface area contributed by atoms with E-state index >= 15 is 0 Å². The standard InChI is InChI=1S/C34H44N2O6.ClH/c1-35-14-12-23-19-27(37-3)31(39-5)33(41-7)29(23)25(35)17-21-10-9-11-22(16-21)18-26-30-24(13-15-36(26)2)20-28(38-4)32(40-6)34(30)42-8;/h9-11,16,19-20,25-26H,12-15,17-18H2,1-8H3;1H. The molecule has 2 heterocycles. The van der Waals surface area contributed by atoms with Crippen molar-refractivity contribution >= 4 is 12.4 Å². The number of benzene rings is 3. The van der Waals surface area contributed by atoms with Crippen molar-refractivity contribution in [2.24, 2.45) is 0 Å². The topological polar surface area (TPSA) is 61.9 Å². The molecule has 3 aromatic rings. The van der Waals surface area contributed by atoms with Gasteiger partial charge in [0.05, 0.1) is 42.7 Å². The minimum Gasteiger partial charge on any atom is -0.493 e. The summed E-state index contributed by atoms with van der Waals surface area (Å²) in [6.45, 7) is 1.93. The van der Waals surface area contributed by atoms with Crippen LogP contribution in [-0.4, -0.2) is 79.6 Å². The zero-order valence-corrected chi connectivity index (χ0v) is 27.4. The molecule has 0 saturated carbocycles. The van der Waals surface area contributed by atoms with E-state index in [-0.39, 0.29) is 24.5 Å². The summed E-state index contributed by atoms with van der Waals surface area (Å²) in [4.78, 5) is 4.83. The zero-order valence-electron chi connectivity index (χ0n) is 26.6. The van der Waals surface area contributed by atoms with Gasteiger partial charge in [0.2, 0.25) is 11.5 Å². The first-order chi connectivity index (χ1) is 20.4. The number of likely N-dealkylation sites (N-methyl/N-ethyl adjacent to an activating group) is 2. The van der Waals surface area contributed by atoms with Gasteiger partial charge < -0.3 is 28.4 Å². The third kappa shape index (κ3) is 6.06. The third-order valence-corrected chi connectivity index (χ3v) is 8.96. The molecular formula is C34H45ClN2O6. The summed E-state index contributed by atoms with van der Waals surface area (Å²) in [7, 11) is 14.5. The average molecular weight is 613 g/mol. The molecule has 9 heteroatoms. The minimum absolute atomic E-state index is 0. The highest BCUT2D eigenvalue weighted by Gasteiger charge is 2.34. The molecule has 0 aliphatic carbocycles. The van der Waals surface area contributed by atoms with Crippen LogP contribution in [0.2, 0.25) is 0 Å².